The van der Waals surface area contributed by atoms with Crippen molar-refractivity contribution in [1.82, 2.24) is 15.5 Å². The van der Waals surface area contributed by atoms with Gasteiger partial charge >= 0.3 is 0 Å². The third-order valence-corrected chi connectivity index (χ3v) is 4.92. The third kappa shape index (κ3) is 3.92. The Morgan fingerprint density at radius 2 is 1.95 bits per heavy atom. The molecule has 1 N–H and O–H groups in total. The first-order chi connectivity index (χ1) is 9.70. The summed E-state index contributed by atoms with van der Waals surface area (Å²) < 4.78 is 0. The van der Waals surface area contributed by atoms with Gasteiger partial charge in [0.25, 0.3) is 0 Å². The van der Waals surface area contributed by atoms with Crippen LogP contribution in [-0.4, -0.2) is 22.8 Å². The summed E-state index contributed by atoms with van der Waals surface area (Å²) in [5.74, 6) is 0. The van der Waals surface area contributed by atoms with Crippen molar-refractivity contribution in [3.63, 3.8) is 0 Å². The van der Waals surface area contributed by atoms with Gasteiger partial charge in [0.2, 0.25) is 0 Å². The number of hydrogen-bond donors (Lipinski definition) is 1. The number of nitrogens with zero attached hydrogens (tertiary/aromatic N) is 2. The zero-order chi connectivity index (χ0) is 13.9. The van der Waals surface area contributed by atoms with Crippen LogP contribution >= 0.6 is 34.5 Å². The lowest BCUT2D eigenvalue weighted by Crippen LogP contribution is -2.19. The minimum Gasteiger partial charge on any atom is -0.314 e. The molecule has 0 radical (unpaired) electrons. The van der Waals surface area contributed by atoms with E-state index in [9.17, 15) is 0 Å². The molecule has 1 fully saturated rings. The smallest absolute Gasteiger partial charge is 0.121 e. The highest BCUT2D eigenvalue weighted by atomic mass is 35.5. The monoisotopic (exact) mass is 327 g/mol. The van der Waals surface area contributed by atoms with Gasteiger partial charge in [0.05, 0.1) is 10.0 Å². The maximum Gasteiger partial charge on any atom is 0.121 e. The normalized spacial score (nSPS) is 14.7. The molecule has 0 unspecified atom stereocenters. The van der Waals surface area contributed by atoms with E-state index >= 15 is 0 Å². The Hall–Kier alpha value is -0.680. The highest BCUT2D eigenvalue weighted by Gasteiger charge is 2.19. The number of aromatic nitrogens is 2. The summed E-state index contributed by atoms with van der Waals surface area (Å²) in [5, 5.41) is 15.2. The van der Waals surface area contributed by atoms with Gasteiger partial charge in [-0.05, 0) is 30.5 Å². The van der Waals surface area contributed by atoms with Crippen molar-refractivity contribution in [1.29, 1.82) is 0 Å². The van der Waals surface area contributed by atoms with Gasteiger partial charge in [-0.15, -0.1) is 21.5 Å². The molecule has 1 saturated carbocycles. The molecule has 0 atom stereocenters. The van der Waals surface area contributed by atoms with Gasteiger partial charge in [0, 0.05) is 25.4 Å². The highest BCUT2D eigenvalue weighted by Crippen LogP contribution is 2.24. The van der Waals surface area contributed by atoms with Gasteiger partial charge in [0.1, 0.15) is 10.0 Å². The fourth-order valence-electron chi connectivity index (χ4n) is 1.96. The van der Waals surface area contributed by atoms with Crippen LogP contribution in [0.1, 0.15) is 28.4 Å². The zero-order valence-corrected chi connectivity index (χ0v) is 13.2. The van der Waals surface area contributed by atoms with Gasteiger partial charge in [-0.1, -0.05) is 29.3 Å². The molecule has 0 bridgehead atoms. The standard InChI is InChI=1S/C14H15Cl2N3S/c15-11-4-1-9(7-12(11)16)8-14-19-18-13(20-14)5-6-17-10-2-3-10/h1,4,7,10,17H,2-3,5-6,8H2. The minimum absolute atomic E-state index is 0.583. The van der Waals surface area contributed by atoms with Crippen LogP contribution < -0.4 is 5.32 Å². The van der Waals surface area contributed by atoms with E-state index in [2.05, 4.69) is 15.5 Å². The predicted molar refractivity (Wildman–Crippen MR) is 83.9 cm³/mol. The van der Waals surface area contributed by atoms with Crippen LogP contribution in [0.4, 0.5) is 0 Å². The summed E-state index contributed by atoms with van der Waals surface area (Å²) >= 11 is 13.6. The fraction of sp³-hybridized carbons (Fsp3) is 0.429. The van der Waals surface area contributed by atoms with Crippen molar-refractivity contribution >= 4 is 34.5 Å². The second-order valence-electron chi connectivity index (χ2n) is 4.99. The van der Waals surface area contributed by atoms with Crippen LogP contribution in [-0.2, 0) is 12.8 Å². The van der Waals surface area contributed by atoms with E-state index in [1.165, 1.54) is 12.8 Å². The maximum absolute atomic E-state index is 6.02. The van der Waals surface area contributed by atoms with Crippen molar-refractivity contribution in [2.45, 2.75) is 31.7 Å². The molecule has 1 aromatic carbocycles. The molecule has 0 aliphatic heterocycles. The average molecular weight is 328 g/mol. The van der Waals surface area contributed by atoms with Gasteiger partial charge in [-0.25, -0.2) is 0 Å². The van der Waals surface area contributed by atoms with Gasteiger partial charge in [-0.2, -0.15) is 0 Å². The topological polar surface area (TPSA) is 37.8 Å². The van der Waals surface area contributed by atoms with E-state index in [1.54, 1.807) is 11.3 Å². The van der Waals surface area contributed by atoms with Crippen LogP contribution in [0.5, 0.6) is 0 Å². The first-order valence-electron chi connectivity index (χ1n) is 6.69. The molecule has 1 heterocycles. The maximum atomic E-state index is 6.02. The molecule has 0 spiro atoms. The Morgan fingerprint density at radius 1 is 1.15 bits per heavy atom. The molecular weight excluding hydrogens is 313 g/mol. The van der Waals surface area contributed by atoms with Crippen LogP contribution in [0.25, 0.3) is 0 Å². The molecule has 1 aromatic heterocycles. The molecule has 2 aromatic rings. The summed E-state index contributed by atoms with van der Waals surface area (Å²) in [6.07, 6.45) is 4.34. The van der Waals surface area contributed by atoms with Crippen molar-refractivity contribution in [3.05, 3.63) is 43.8 Å². The molecule has 1 aliphatic rings. The van der Waals surface area contributed by atoms with Crippen molar-refractivity contribution < 1.29 is 0 Å². The van der Waals surface area contributed by atoms with Crippen molar-refractivity contribution in [2.75, 3.05) is 6.54 Å². The Balaban J connectivity index is 1.56. The highest BCUT2D eigenvalue weighted by molar-refractivity contribution is 7.11. The Labute approximate surface area is 132 Å². The summed E-state index contributed by atoms with van der Waals surface area (Å²) in [6, 6.07) is 6.43. The van der Waals surface area contributed by atoms with Crippen molar-refractivity contribution in [2.24, 2.45) is 0 Å². The second-order valence-corrected chi connectivity index (χ2v) is 6.95. The molecule has 20 heavy (non-hydrogen) atoms. The Morgan fingerprint density at radius 3 is 2.70 bits per heavy atom. The van der Waals surface area contributed by atoms with Crippen LogP contribution in [0.15, 0.2) is 18.2 Å². The lowest BCUT2D eigenvalue weighted by Gasteiger charge is -2.00. The molecule has 6 heteroatoms. The fourth-order valence-corrected chi connectivity index (χ4v) is 3.15. The number of benzene rings is 1. The quantitative estimate of drug-likeness (QED) is 0.878. The van der Waals surface area contributed by atoms with Crippen molar-refractivity contribution in [3.8, 4) is 0 Å². The van der Waals surface area contributed by atoms with E-state index in [0.717, 1.165) is 41.0 Å². The lowest BCUT2D eigenvalue weighted by atomic mass is 10.2. The SMILES string of the molecule is Clc1ccc(Cc2nnc(CCNC3CC3)s2)cc1Cl. The van der Waals surface area contributed by atoms with E-state index in [4.69, 9.17) is 23.2 Å². The molecule has 0 amide bonds. The van der Waals surface area contributed by atoms with Crippen LogP contribution in [0.3, 0.4) is 0 Å². The Kier molecular flexibility index (Phi) is 4.56. The van der Waals surface area contributed by atoms with Crippen LogP contribution in [0, 0.1) is 0 Å². The van der Waals surface area contributed by atoms with E-state index in [-0.39, 0.29) is 0 Å². The molecule has 3 rings (SSSR count). The number of halogens is 2. The number of rotatable bonds is 6. The molecule has 106 valence electrons. The molecule has 3 nitrogen and oxygen atoms in total. The van der Waals surface area contributed by atoms with E-state index in [1.807, 2.05) is 18.2 Å². The lowest BCUT2D eigenvalue weighted by molar-refractivity contribution is 0.677. The first kappa shape index (κ1) is 14.3. The predicted octanol–water partition coefficient (Wildman–Crippen LogP) is 3.73. The molecule has 1 aliphatic carbocycles. The van der Waals surface area contributed by atoms with Crippen LogP contribution in [0.2, 0.25) is 10.0 Å². The average Bonchev–Trinajstić information content (AvgIpc) is 3.14. The number of hydrogen-bond acceptors (Lipinski definition) is 4. The van der Waals surface area contributed by atoms with E-state index in [0.29, 0.717) is 10.0 Å². The first-order valence-corrected chi connectivity index (χ1v) is 8.26. The minimum atomic E-state index is 0.583. The summed E-state index contributed by atoms with van der Waals surface area (Å²) in [7, 11) is 0. The Bertz CT molecular complexity index is 596. The molecular formula is C14H15Cl2N3S. The zero-order valence-electron chi connectivity index (χ0n) is 10.9. The van der Waals surface area contributed by atoms with Gasteiger partial charge < -0.3 is 5.32 Å². The largest absolute Gasteiger partial charge is 0.314 e. The van der Waals surface area contributed by atoms with E-state index < -0.39 is 0 Å². The number of nitrogens with one attached hydrogen (secondary N) is 1. The second kappa shape index (κ2) is 6.39. The van der Waals surface area contributed by atoms with Gasteiger partial charge in [0.15, 0.2) is 0 Å². The third-order valence-electron chi connectivity index (χ3n) is 3.20. The summed E-state index contributed by atoms with van der Waals surface area (Å²) in [5.41, 5.74) is 1.11. The van der Waals surface area contributed by atoms with Gasteiger partial charge in [-0.3, -0.25) is 0 Å². The molecule has 0 saturated heterocycles. The summed E-state index contributed by atoms with van der Waals surface area (Å²) in [6.45, 7) is 0.992. The summed E-state index contributed by atoms with van der Waals surface area (Å²) in [4.78, 5) is 0.